The van der Waals surface area contributed by atoms with Crippen LogP contribution in [0.15, 0.2) is 18.2 Å². The summed E-state index contributed by atoms with van der Waals surface area (Å²) in [6.45, 7) is 1.80. The lowest BCUT2D eigenvalue weighted by Gasteiger charge is -2.26. The summed E-state index contributed by atoms with van der Waals surface area (Å²) < 4.78 is 13.1. The van der Waals surface area contributed by atoms with Crippen molar-refractivity contribution in [1.82, 2.24) is 15.0 Å². The topological polar surface area (TPSA) is 41.9 Å². The zero-order valence-corrected chi connectivity index (χ0v) is 12.7. The van der Waals surface area contributed by atoms with Gasteiger partial charge < -0.3 is 4.90 Å². The van der Waals surface area contributed by atoms with E-state index in [0.29, 0.717) is 17.3 Å². The predicted octanol–water partition coefficient (Wildman–Crippen LogP) is 3.97. The Bertz CT molecular complexity index is 659. The second kappa shape index (κ2) is 6.12. The van der Waals surface area contributed by atoms with Gasteiger partial charge in [0.15, 0.2) is 5.82 Å². The summed E-state index contributed by atoms with van der Waals surface area (Å²) in [6, 6.07) is 4.10. The van der Waals surface area contributed by atoms with Gasteiger partial charge in [-0.25, -0.2) is 4.39 Å². The Kier molecular flexibility index (Phi) is 4.22. The summed E-state index contributed by atoms with van der Waals surface area (Å²) in [7, 11) is 0. The molecule has 7 heteroatoms. The number of hydrogen-bond donors (Lipinski definition) is 0. The van der Waals surface area contributed by atoms with Crippen molar-refractivity contribution in [2.45, 2.75) is 19.3 Å². The Labute approximate surface area is 131 Å². The summed E-state index contributed by atoms with van der Waals surface area (Å²) in [5.41, 5.74) is 0.542. The fraction of sp³-hybridized carbons (Fsp3) is 0.357. The lowest BCUT2D eigenvalue weighted by molar-refractivity contribution is 0.567. The third kappa shape index (κ3) is 3.24. The van der Waals surface area contributed by atoms with E-state index in [4.69, 9.17) is 23.2 Å². The maximum atomic E-state index is 13.1. The molecule has 21 heavy (non-hydrogen) atoms. The van der Waals surface area contributed by atoms with Crippen LogP contribution < -0.4 is 4.90 Å². The van der Waals surface area contributed by atoms with Crippen LogP contribution in [0.5, 0.6) is 0 Å². The third-order valence-corrected chi connectivity index (χ3v) is 3.89. The zero-order valence-electron chi connectivity index (χ0n) is 11.2. The first-order valence-electron chi connectivity index (χ1n) is 6.75. The van der Waals surface area contributed by atoms with E-state index in [-0.39, 0.29) is 10.3 Å². The molecule has 1 saturated heterocycles. The predicted molar refractivity (Wildman–Crippen MR) is 81.3 cm³/mol. The highest BCUT2D eigenvalue weighted by Crippen LogP contribution is 2.28. The number of nitrogens with zero attached hydrogens (tertiary/aromatic N) is 4. The van der Waals surface area contributed by atoms with Gasteiger partial charge in [0.25, 0.3) is 0 Å². The van der Waals surface area contributed by atoms with E-state index < -0.39 is 5.82 Å². The van der Waals surface area contributed by atoms with E-state index in [9.17, 15) is 4.39 Å². The van der Waals surface area contributed by atoms with Crippen LogP contribution in [0.3, 0.4) is 0 Å². The third-order valence-electron chi connectivity index (χ3n) is 3.41. The zero-order chi connectivity index (χ0) is 14.8. The van der Waals surface area contributed by atoms with Crippen molar-refractivity contribution in [3.8, 4) is 11.4 Å². The molecule has 0 aliphatic carbocycles. The van der Waals surface area contributed by atoms with Crippen LogP contribution in [-0.2, 0) is 0 Å². The summed E-state index contributed by atoms with van der Waals surface area (Å²) in [6.07, 6.45) is 3.43. The molecule has 0 atom stereocenters. The van der Waals surface area contributed by atoms with Gasteiger partial charge in [0.05, 0.1) is 5.02 Å². The molecule has 0 saturated carbocycles. The van der Waals surface area contributed by atoms with Gasteiger partial charge >= 0.3 is 0 Å². The molecule has 3 rings (SSSR count). The molecular weight excluding hydrogens is 314 g/mol. The van der Waals surface area contributed by atoms with Crippen molar-refractivity contribution in [3.05, 3.63) is 34.3 Å². The Balaban J connectivity index is 2.00. The van der Waals surface area contributed by atoms with E-state index in [1.54, 1.807) is 6.07 Å². The molecule has 2 heterocycles. The smallest absolute Gasteiger partial charge is 0.230 e. The van der Waals surface area contributed by atoms with Crippen LogP contribution in [0.25, 0.3) is 11.4 Å². The maximum absolute atomic E-state index is 13.1. The molecule has 0 N–H and O–H groups in total. The van der Waals surface area contributed by atoms with Gasteiger partial charge in [-0.05, 0) is 49.1 Å². The van der Waals surface area contributed by atoms with Gasteiger partial charge in [-0.15, -0.1) is 0 Å². The Morgan fingerprint density at radius 1 is 1.00 bits per heavy atom. The second-order valence-corrected chi connectivity index (χ2v) is 5.65. The Morgan fingerprint density at radius 3 is 2.48 bits per heavy atom. The summed E-state index contributed by atoms with van der Waals surface area (Å²) in [4.78, 5) is 14.8. The quantitative estimate of drug-likeness (QED) is 0.837. The summed E-state index contributed by atoms with van der Waals surface area (Å²) >= 11 is 12.1. The molecule has 0 unspecified atom stereocenters. The normalized spacial score (nSPS) is 15.3. The van der Waals surface area contributed by atoms with Gasteiger partial charge in [0.2, 0.25) is 11.2 Å². The van der Waals surface area contributed by atoms with Gasteiger partial charge in [-0.2, -0.15) is 15.0 Å². The molecular formula is C14H13Cl2FN4. The molecule has 1 aliphatic rings. The molecule has 0 spiro atoms. The lowest BCUT2D eigenvalue weighted by atomic mass is 10.1. The number of benzene rings is 1. The molecule has 2 aromatic rings. The van der Waals surface area contributed by atoms with Crippen LogP contribution in [0.1, 0.15) is 19.3 Å². The highest BCUT2D eigenvalue weighted by molar-refractivity contribution is 6.33. The SMILES string of the molecule is Fc1ccc(-c2nc(Cl)nc(N3CCCCC3)n2)c(Cl)c1. The molecule has 1 fully saturated rings. The van der Waals surface area contributed by atoms with Crippen LogP contribution >= 0.6 is 23.2 Å². The second-order valence-electron chi connectivity index (χ2n) is 4.90. The number of anilines is 1. The molecule has 4 nitrogen and oxygen atoms in total. The molecule has 110 valence electrons. The number of halogens is 3. The first kappa shape index (κ1) is 14.5. The van der Waals surface area contributed by atoms with E-state index in [0.717, 1.165) is 25.9 Å². The Morgan fingerprint density at radius 2 is 1.76 bits per heavy atom. The fourth-order valence-electron chi connectivity index (χ4n) is 2.37. The standard InChI is InChI=1S/C14H13Cl2FN4/c15-11-8-9(17)4-5-10(11)12-18-13(16)20-14(19-12)21-6-2-1-3-7-21/h4-5,8H,1-3,6-7H2. The highest BCUT2D eigenvalue weighted by atomic mass is 35.5. The van der Waals surface area contributed by atoms with Crippen LogP contribution in [0.4, 0.5) is 10.3 Å². The van der Waals surface area contributed by atoms with Crippen molar-refractivity contribution in [2.75, 3.05) is 18.0 Å². The summed E-state index contributed by atoms with van der Waals surface area (Å²) in [5, 5.41) is 0.364. The summed E-state index contributed by atoms with van der Waals surface area (Å²) in [5.74, 6) is 0.505. The average Bonchev–Trinajstić information content (AvgIpc) is 2.47. The number of piperidine rings is 1. The number of rotatable bonds is 2. The van der Waals surface area contributed by atoms with E-state index in [1.807, 2.05) is 0 Å². The van der Waals surface area contributed by atoms with Crippen LogP contribution in [0, 0.1) is 5.82 Å². The molecule has 1 aromatic carbocycles. The minimum atomic E-state index is -0.403. The molecule has 0 amide bonds. The van der Waals surface area contributed by atoms with Gasteiger partial charge in [0.1, 0.15) is 5.82 Å². The number of hydrogen-bond acceptors (Lipinski definition) is 4. The van der Waals surface area contributed by atoms with Crippen molar-refractivity contribution in [2.24, 2.45) is 0 Å². The van der Waals surface area contributed by atoms with Crippen molar-refractivity contribution < 1.29 is 4.39 Å². The van der Waals surface area contributed by atoms with Crippen molar-refractivity contribution >= 4 is 29.2 Å². The van der Waals surface area contributed by atoms with E-state index in [2.05, 4.69) is 19.9 Å². The average molecular weight is 327 g/mol. The van der Waals surface area contributed by atoms with Crippen molar-refractivity contribution in [1.29, 1.82) is 0 Å². The minimum absolute atomic E-state index is 0.112. The fourth-order valence-corrected chi connectivity index (χ4v) is 2.77. The van der Waals surface area contributed by atoms with Gasteiger partial charge in [-0.3, -0.25) is 0 Å². The maximum Gasteiger partial charge on any atom is 0.230 e. The van der Waals surface area contributed by atoms with E-state index >= 15 is 0 Å². The number of aromatic nitrogens is 3. The highest BCUT2D eigenvalue weighted by Gasteiger charge is 2.17. The van der Waals surface area contributed by atoms with Crippen LogP contribution in [0.2, 0.25) is 10.3 Å². The van der Waals surface area contributed by atoms with E-state index in [1.165, 1.54) is 18.6 Å². The molecule has 1 aliphatic heterocycles. The van der Waals surface area contributed by atoms with Crippen molar-refractivity contribution in [3.63, 3.8) is 0 Å². The van der Waals surface area contributed by atoms with Gasteiger partial charge in [0, 0.05) is 18.7 Å². The molecule has 1 aromatic heterocycles. The molecule has 0 bridgehead atoms. The van der Waals surface area contributed by atoms with Crippen LogP contribution in [-0.4, -0.2) is 28.0 Å². The lowest BCUT2D eigenvalue weighted by Crippen LogP contribution is -2.31. The monoisotopic (exact) mass is 326 g/mol. The minimum Gasteiger partial charge on any atom is -0.341 e. The van der Waals surface area contributed by atoms with Gasteiger partial charge in [-0.1, -0.05) is 11.6 Å². The molecule has 0 radical (unpaired) electrons. The first-order valence-corrected chi connectivity index (χ1v) is 7.51. The Hall–Kier alpha value is -1.46. The largest absolute Gasteiger partial charge is 0.341 e. The first-order chi connectivity index (χ1) is 10.1.